The predicted octanol–water partition coefficient (Wildman–Crippen LogP) is 0.986. The third-order valence-corrected chi connectivity index (χ3v) is 3.34. The van der Waals surface area contributed by atoms with Crippen molar-refractivity contribution in [1.29, 1.82) is 0 Å². The van der Waals surface area contributed by atoms with Gasteiger partial charge in [-0.15, -0.1) is 0 Å². The van der Waals surface area contributed by atoms with Crippen LogP contribution in [0.15, 0.2) is 0 Å². The van der Waals surface area contributed by atoms with Crippen LogP contribution in [0.3, 0.4) is 0 Å². The summed E-state index contributed by atoms with van der Waals surface area (Å²) in [5, 5.41) is 3.49. The van der Waals surface area contributed by atoms with E-state index in [2.05, 4.69) is 26.1 Å². The Kier molecular flexibility index (Phi) is 4.35. The number of nitrogens with one attached hydrogen (secondary N) is 1. The number of hydrogen-bond donors (Lipinski definition) is 2. The van der Waals surface area contributed by atoms with Crippen LogP contribution < -0.4 is 11.1 Å². The van der Waals surface area contributed by atoms with Gasteiger partial charge in [0, 0.05) is 18.0 Å². The fraction of sp³-hybridized carbons (Fsp3) is 1.00. The van der Waals surface area contributed by atoms with Gasteiger partial charge in [-0.05, 0) is 12.5 Å². The van der Waals surface area contributed by atoms with E-state index in [0.717, 1.165) is 25.6 Å². The molecular weight excluding hydrogens is 176 g/mol. The summed E-state index contributed by atoms with van der Waals surface area (Å²) in [5.74, 6) is 0.747. The molecule has 84 valence electrons. The molecule has 0 aromatic heterocycles. The van der Waals surface area contributed by atoms with Gasteiger partial charge in [-0.25, -0.2) is 0 Å². The molecule has 1 aliphatic rings. The first kappa shape index (κ1) is 12.0. The van der Waals surface area contributed by atoms with E-state index in [-0.39, 0.29) is 11.5 Å². The lowest BCUT2D eigenvalue weighted by atomic mass is 9.86. The zero-order valence-corrected chi connectivity index (χ0v) is 9.68. The summed E-state index contributed by atoms with van der Waals surface area (Å²) in [6, 6.07) is 0.187. The average Bonchev–Trinajstić information content (AvgIpc) is 2.47. The Morgan fingerprint density at radius 2 is 2.36 bits per heavy atom. The van der Waals surface area contributed by atoms with Gasteiger partial charge in [-0.1, -0.05) is 27.2 Å². The molecule has 1 saturated heterocycles. The first-order chi connectivity index (χ1) is 6.58. The van der Waals surface area contributed by atoms with Gasteiger partial charge in [0.2, 0.25) is 0 Å². The highest BCUT2D eigenvalue weighted by atomic mass is 16.5. The molecule has 0 spiro atoms. The molecule has 0 aromatic carbocycles. The maximum absolute atomic E-state index is 6.00. The number of hydrogen-bond acceptors (Lipinski definition) is 3. The molecule has 0 aromatic rings. The van der Waals surface area contributed by atoms with Crippen molar-refractivity contribution >= 4 is 0 Å². The zero-order chi connectivity index (χ0) is 10.6. The zero-order valence-electron chi connectivity index (χ0n) is 9.68. The monoisotopic (exact) mass is 200 g/mol. The van der Waals surface area contributed by atoms with Gasteiger partial charge in [0.15, 0.2) is 0 Å². The first-order valence-electron chi connectivity index (χ1n) is 5.62. The van der Waals surface area contributed by atoms with Crippen LogP contribution in [0.4, 0.5) is 0 Å². The van der Waals surface area contributed by atoms with E-state index >= 15 is 0 Å². The van der Waals surface area contributed by atoms with Crippen LogP contribution in [-0.4, -0.2) is 32.3 Å². The molecule has 0 amide bonds. The fourth-order valence-corrected chi connectivity index (χ4v) is 1.66. The second-order valence-electron chi connectivity index (χ2n) is 4.92. The standard InChI is InChI=1S/C11H24N2O/c1-4-9(2)5-13-7-11(3)8-14-6-10(11)12/h9-10,13H,4-8,12H2,1-3H3. The minimum Gasteiger partial charge on any atom is -0.379 e. The van der Waals surface area contributed by atoms with E-state index in [1.165, 1.54) is 6.42 Å². The van der Waals surface area contributed by atoms with E-state index in [0.29, 0.717) is 6.61 Å². The van der Waals surface area contributed by atoms with E-state index in [9.17, 15) is 0 Å². The Bertz CT molecular complexity index is 175. The van der Waals surface area contributed by atoms with Crippen molar-refractivity contribution in [1.82, 2.24) is 5.32 Å². The highest BCUT2D eigenvalue weighted by Gasteiger charge is 2.37. The third kappa shape index (κ3) is 2.94. The molecule has 1 fully saturated rings. The second-order valence-corrected chi connectivity index (χ2v) is 4.92. The van der Waals surface area contributed by atoms with Crippen LogP contribution in [0.2, 0.25) is 0 Å². The maximum Gasteiger partial charge on any atom is 0.0624 e. The maximum atomic E-state index is 6.00. The average molecular weight is 200 g/mol. The molecule has 1 rings (SSSR count). The Morgan fingerprint density at radius 3 is 2.86 bits per heavy atom. The minimum atomic E-state index is 0.132. The van der Waals surface area contributed by atoms with Crippen LogP contribution in [0.1, 0.15) is 27.2 Å². The highest BCUT2D eigenvalue weighted by molar-refractivity contribution is 4.91. The molecule has 3 unspecified atom stereocenters. The summed E-state index contributed by atoms with van der Waals surface area (Å²) in [7, 11) is 0. The van der Waals surface area contributed by atoms with Crippen LogP contribution in [0, 0.1) is 11.3 Å². The number of rotatable bonds is 5. The molecule has 3 atom stereocenters. The van der Waals surface area contributed by atoms with E-state index in [1.807, 2.05) is 0 Å². The van der Waals surface area contributed by atoms with Crippen LogP contribution in [0.25, 0.3) is 0 Å². The predicted molar refractivity (Wildman–Crippen MR) is 59.2 cm³/mol. The van der Waals surface area contributed by atoms with Crippen LogP contribution >= 0.6 is 0 Å². The van der Waals surface area contributed by atoms with Crippen molar-refractivity contribution in [3.05, 3.63) is 0 Å². The van der Waals surface area contributed by atoms with Gasteiger partial charge in [-0.2, -0.15) is 0 Å². The van der Waals surface area contributed by atoms with Gasteiger partial charge in [-0.3, -0.25) is 0 Å². The molecule has 3 N–H and O–H groups in total. The Labute approximate surface area is 87.4 Å². The molecule has 0 bridgehead atoms. The topological polar surface area (TPSA) is 47.3 Å². The molecular formula is C11H24N2O. The number of nitrogens with two attached hydrogens (primary N) is 1. The molecule has 1 aliphatic heterocycles. The summed E-state index contributed by atoms with van der Waals surface area (Å²) in [4.78, 5) is 0. The van der Waals surface area contributed by atoms with Gasteiger partial charge >= 0.3 is 0 Å². The van der Waals surface area contributed by atoms with Crippen molar-refractivity contribution in [2.45, 2.75) is 33.2 Å². The first-order valence-corrected chi connectivity index (χ1v) is 5.62. The fourth-order valence-electron chi connectivity index (χ4n) is 1.66. The normalized spacial score (nSPS) is 34.7. The molecule has 0 aliphatic carbocycles. The third-order valence-electron chi connectivity index (χ3n) is 3.34. The van der Waals surface area contributed by atoms with Crippen molar-refractivity contribution in [3.8, 4) is 0 Å². The van der Waals surface area contributed by atoms with E-state index in [4.69, 9.17) is 10.5 Å². The van der Waals surface area contributed by atoms with Crippen molar-refractivity contribution < 1.29 is 4.74 Å². The lowest BCUT2D eigenvalue weighted by molar-refractivity contribution is 0.157. The lowest BCUT2D eigenvalue weighted by Gasteiger charge is -2.27. The molecule has 0 saturated carbocycles. The van der Waals surface area contributed by atoms with Crippen LogP contribution in [0.5, 0.6) is 0 Å². The van der Waals surface area contributed by atoms with Gasteiger partial charge in [0.25, 0.3) is 0 Å². The lowest BCUT2D eigenvalue weighted by Crippen LogP contribution is -2.46. The molecule has 14 heavy (non-hydrogen) atoms. The highest BCUT2D eigenvalue weighted by Crippen LogP contribution is 2.25. The molecule has 3 heteroatoms. The summed E-state index contributed by atoms with van der Waals surface area (Å²) < 4.78 is 5.39. The van der Waals surface area contributed by atoms with E-state index < -0.39 is 0 Å². The summed E-state index contributed by atoms with van der Waals surface area (Å²) in [5.41, 5.74) is 6.13. The largest absolute Gasteiger partial charge is 0.379 e. The quantitative estimate of drug-likeness (QED) is 0.695. The molecule has 0 radical (unpaired) electrons. The number of ether oxygens (including phenoxy) is 1. The second kappa shape index (κ2) is 5.10. The molecule has 1 heterocycles. The minimum absolute atomic E-state index is 0.132. The molecule has 3 nitrogen and oxygen atoms in total. The summed E-state index contributed by atoms with van der Waals surface area (Å²) in [6.45, 7) is 10.2. The Morgan fingerprint density at radius 1 is 1.64 bits per heavy atom. The van der Waals surface area contributed by atoms with E-state index in [1.54, 1.807) is 0 Å². The summed E-state index contributed by atoms with van der Waals surface area (Å²) >= 11 is 0. The van der Waals surface area contributed by atoms with Crippen molar-refractivity contribution in [2.75, 3.05) is 26.3 Å². The Balaban J connectivity index is 2.23. The van der Waals surface area contributed by atoms with Crippen molar-refractivity contribution in [2.24, 2.45) is 17.1 Å². The SMILES string of the molecule is CCC(C)CNCC1(C)COCC1N. The smallest absolute Gasteiger partial charge is 0.0624 e. The van der Waals surface area contributed by atoms with Crippen LogP contribution in [-0.2, 0) is 4.74 Å². The van der Waals surface area contributed by atoms with Gasteiger partial charge in [0.05, 0.1) is 13.2 Å². The Hall–Kier alpha value is -0.120. The van der Waals surface area contributed by atoms with Crippen molar-refractivity contribution in [3.63, 3.8) is 0 Å². The van der Waals surface area contributed by atoms with Gasteiger partial charge < -0.3 is 15.8 Å². The summed E-state index contributed by atoms with van der Waals surface area (Å²) in [6.07, 6.45) is 1.23. The van der Waals surface area contributed by atoms with Gasteiger partial charge in [0.1, 0.15) is 0 Å².